The van der Waals surface area contributed by atoms with Crippen molar-refractivity contribution in [3.8, 4) is 45.8 Å². The van der Waals surface area contributed by atoms with Gasteiger partial charge in [-0.3, -0.25) is 0 Å². The van der Waals surface area contributed by atoms with Crippen LogP contribution in [0.5, 0.6) is 0 Å². The highest BCUT2D eigenvalue weighted by molar-refractivity contribution is 6.12. The average molecular weight is 815 g/mol. The van der Waals surface area contributed by atoms with Crippen LogP contribution in [0.1, 0.15) is 27.8 Å². The van der Waals surface area contributed by atoms with Crippen LogP contribution in [0.4, 0.5) is 39.5 Å². The Kier molecular flexibility index (Phi) is 8.58. The van der Waals surface area contributed by atoms with Crippen LogP contribution in [0.25, 0.3) is 77.2 Å². The van der Waals surface area contributed by atoms with E-state index in [0.29, 0.717) is 60.9 Å². The van der Waals surface area contributed by atoms with E-state index < -0.39 is 35.2 Å². The number of benzene rings is 7. The van der Waals surface area contributed by atoms with Crippen LogP contribution >= 0.6 is 0 Å². The fourth-order valence-corrected chi connectivity index (χ4v) is 8.01. The van der Waals surface area contributed by atoms with Gasteiger partial charge in [-0.25, -0.2) is 0 Å². The highest BCUT2D eigenvalue weighted by atomic mass is 19.4. The molecule has 0 amide bonds. The summed E-state index contributed by atoms with van der Waals surface area (Å²) < 4.78 is 129. The topological polar surface area (TPSA) is 57.4 Å². The minimum absolute atomic E-state index is 0.155. The van der Waals surface area contributed by atoms with Crippen LogP contribution in [-0.2, 0) is 18.5 Å². The Balaban J connectivity index is 1.41. The number of rotatable bonds is 4. The first kappa shape index (κ1) is 38.0. The third kappa shape index (κ3) is 6.18. The molecule has 9 aromatic rings. The first-order valence-corrected chi connectivity index (χ1v) is 18.1. The number of fused-ring (bicyclic) bond motifs is 6. The molecule has 0 fully saturated rings. The van der Waals surface area contributed by atoms with E-state index in [-0.39, 0.29) is 27.5 Å². The molecule has 0 aliphatic rings. The molecule has 0 atom stereocenters. The van der Waals surface area contributed by atoms with Gasteiger partial charge in [0.15, 0.2) is 0 Å². The maximum absolute atomic E-state index is 14.1. The number of aromatic nitrogens is 2. The van der Waals surface area contributed by atoms with E-state index in [4.69, 9.17) is 0 Å². The van der Waals surface area contributed by atoms with Gasteiger partial charge in [0.05, 0.1) is 73.4 Å². The number of alkyl halides is 9. The molecule has 2 heterocycles. The zero-order valence-corrected chi connectivity index (χ0v) is 30.5. The van der Waals surface area contributed by atoms with Crippen molar-refractivity contribution in [1.82, 2.24) is 9.13 Å². The van der Waals surface area contributed by atoms with Crippen molar-refractivity contribution in [2.45, 2.75) is 18.5 Å². The Morgan fingerprint density at radius 3 is 1.40 bits per heavy atom. The van der Waals surface area contributed by atoms with Crippen molar-refractivity contribution in [3.63, 3.8) is 0 Å². The van der Waals surface area contributed by atoms with Crippen molar-refractivity contribution in [1.29, 1.82) is 10.5 Å². The Hall–Kier alpha value is -7.51. The zero-order valence-electron chi connectivity index (χ0n) is 30.5. The standard InChI is InChI=1S/C47H23F9N4/c48-45(49,50)29-11-15-32(28(20-29)25-58)27-10-16-41(59-39-7-3-1-5-33(39)37-22-30(46(51,52)53)12-17-42(37)59)36(21-27)35-14-9-26(24-57)19-44(35)60-40-8-4-2-6-34(40)38-23-31(47(54,55)56)13-18-43(38)60/h1-23H. The summed E-state index contributed by atoms with van der Waals surface area (Å²) in [5.41, 5.74) is 0.885. The maximum atomic E-state index is 14.1. The third-order valence-electron chi connectivity index (χ3n) is 10.7. The molecule has 0 unspecified atom stereocenters. The SMILES string of the molecule is N#Cc1ccc(-c2cc(-c3ccc(C(F)(F)F)cc3C#N)ccc2-n2c3ccccc3c3cc(C(F)(F)F)ccc32)c(-n2c3ccccc3c3cc(C(F)(F)F)ccc32)c1. The molecule has 0 bridgehead atoms. The van der Waals surface area contributed by atoms with E-state index in [2.05, 4.69) is 6.07 Å². The monoisotopic (exact) mass is 814 g/mol. The molecule has 0 saturated heterocycles. The number of nitrogens with zero attached hydrogens (tertiary/aromatic N) is 4. The minimum Gasteiger partial charge on any atom is -0.309 e. The van der Waals surface area contributed by atoms with E-state index in [1.54, 1.807) is 88.0 Å². The second-order valence-corrected chi connectivity index (χ2v) is 14.1. The van der Waals surface area contributed by atoms with Gasteiger partial charge in [0, 0.05) is 32.7 Å². The van der Waals surface area contributed by atoms with Crippen LogP contribution in [0.15, 0.2) is 140 Å². The number of hydrogen-bond acceptors (Lipinski definition) is 2. The summed E-state index contributed by atoms with van der Waals surface area (Å²) in [6, 6.07) is 36.7. The van der Waals surface area contributed by atoms with Crippen LogP contribution in [-0.4, -0.2) is 9.13 Å². The van der Waals surface area contributed by atoms with E-state index >= 15 is 0 Å². The van der Waals surface area contributed by atoms with Gasteiger partial charge < -0.3 is 9.13 Å². The van der Waals surface area contributed by atoms with E-state index in [9.17, 15) is 50.0 Å². The Morgan fingerprint density at radius 1 is 0.383 bits per heavy atom. The van der Waals surface area contributed by atoms with Crippen molar-refractivity contribution >= 4 is 43.6 Å². The van der Waals surface area contributed by atoms with Crippen LogP contribution in [0.2, 0.25) is 0 Å². The van der Waals surface area contributed by atoms with E-state index in [1.807, 2.05) is 6.07 Å². The van der Waals surface area contributed by atoms with Crippen LogP contribution in [0, 0.1) is 22.7 Å². The van der Waals surface area contributed by atoms with Crippen molar-refractivity contribution in [2.75, 3.05) is 0 Å². The second-order valence-electron chi connectivity index (χ2n) is 14.1. The first-order chi connectivity index (χ1) is 28.6. The normalized spacial score (nSPS) is 12.4. The van der Waals surface area contributed by atoms with Gasteiger partial charge in [0.1, 0.15) is 0 Å². The van der Waals surface area contributed by atoms with Gasteiger partial charge in [0.25, 0.3) is 0 Å². The fraction of sp³-hybridized carbons (Fsp3) is 0.0638. The molecule has 0 aliphatic carbocycles. The zero-order chi connectivity index (χ0) is 42.3. The molecule has 0 spiro atoms. The van der Waals surface area contributed by atoms with Crippen LogP contribution in [0.3, 0.4) is 0 Å². The molecule has 0 radical (unpaired) electrons. The number of hydrogen-bond donors (Lipinski definition) is 0. The molecule has 13 heteroatoms. The Labute approximate surface area is 333 Å². The molecule has 4 nitrogen and oxygen atoms in total. The van der Waals surface area contributed by atoms with Crippen molar-refractivity contribution in [3.05, 3.63) is 167 Å². The molecule has 60 heavy (non-hydrogen) atoms. The fourth-order valence-electron chi connectivity index (χ4n) is 8.01. The number of para-hydroxylation sites is 2. The molecule has 0 aliphatic heterocycles. The van der Waals surface area contributed by atoms with E-state index in [0.717, 1.165) is 36.4 Å². The molecule has 9 rings (SSSR count). The lowest BCUT2D eigenvalue weighted by atomic mass is 9.92. The predicted octanol–water partition coefficient (Wildman–Crippen LogP) is 14.0. The van der Waals surface area contributed by atoms with Crippen molar-refractivity contribution < 1.29 is 39.5 Å². The number of halogens is 9. The summed E-state index contributed by atoms with van der Waals surface area (Å²) in [6.45, 7) is 0. The van der Waals surface area contributed by atoms with Gasteiger partial charge in [-0.1, -0.05) is 54.6 Å². The molecule has 0 N–H and O–H groups in total. The van der Waals surface area contributed by atoms with Gasteiger partial charge in [-0.05, 0) is 96.1 Å². The van der Waals surface area contributed by atoms with Gasteiger partial charge in [0.2, 0.25) is 0 Å². The lowest BCUT2D eigenvalue weighted by molar-refractivity contribution is -0.138. The first-order valence-electron chi connectivity index (χ1n) is 18.1. The predicted molar refractivity (Wildman–Crippen MR) is 210 cm³/mol. The third-order valence-corrected chi connectivity index (χ3v) is 10.7. The summed E-state index contributed by atoms with van der Waals surface area (Å²) in [4.78, 5) is 0. The van der Waals surface area contributed by atoms with Crippen LogP contribution < -0.4 is 0 Å². The molecule has 0 saturated carbocycles. The summed E-state index contributed by atoms with van der Waals surface area (Å²) in [5.74, 6) is 0. The lowest BCUT2D eigenvalue weighted by Gasteiger charge is -2.20. The Bertz CT molecular complexity index is 3310. The van der Waals surface area contributed by atoms with Gasteiger partial charge in [-0.15, -0.1) is 0 Å². The highest BCUT2D eigenvalue weighted by Crippen LogP contribution is 2.45. The molecule has 294 valence electrons. The van der Waals surface area contributed by atoms with Crippen molar-refractivity contribution in [2.24, 2.45) is 0 Å². The summed E-state index contributed by atoms with van der Waals surface area (Å²) >= 11 is 0. The largest absolute Gasteiger partial charge is 0.416 e. The average Bonchev–Trinajstić information content (AvgIpc) is 3.74. The summed E-state index contributed by atoms with van der Waals surface area (Å²) in [6.07, 6.45) is -14.0. The molecule has 2 aromatic heterocycles. The quantitative estimate of drug-likeness (QED) is 0.166. The van der Waals surface area contributed by atoms with Gasteiger partial charge >= 0.3 is 18.5 Å². The summed E-state index contributed by atoms with van der Waals surface area (Å²) in [7, 11) is 0. The maximum Gasteiger partial charge on any atom is 0.416 e. The molecule has 7 aromatic carbocycles. The number of nitriles is 2. The van der Waals surface area contributed by atoms with E-state index in [1.165, 1.54) is 24.3 Å². The van der Waals surface area contributed by atoms with Gasteiger partial charge in [-0.2, -0.15) is 50.0 Å². The molecular weight excluding hydrogens is 792 g/mol. The minimum atomic E-state index is -4.73. The smallest absolute Gasteiger partial charge is 0.309 e. The molecular formula is C47H23F9N4. The summed E-state index contributed by atoms with van der Waals surface area (Å²) in [5, 5.41) is 21.7. The Morgan fingerprint density at radius 2 is 0.867 bits per heavy atom. The second kappa shape index (κ2) is 13.5. The lowest BCUT2D eigenvalue weighted by Crippen LogP contribution is -2.06. The highest BCUT2D eigenvalue weighted by Gasteiger charge is 2.34.